The Morgan fingerprint density at radius 1 is 0.382 bits per heavy atom. The summed E-state index contributed by atoms with van der Waals surface area (Å²) in [5.74, 6) is 5.99. The van der Waals surface area contributed by atoms with Gasteiger partial charge in [0.15, 0.2) is 11.6 Å². The molecule has 0 atom stereocenters. The van der Waals surface area contributed by atoms with Crippen molar-refractivity contribution in [1.29, 1.82) is 0 Å². The number of hydrogen-bond donors (Lipinski definition) is 0. The Morgan fingerprint density at radius 3 is 0.853 bits per heavy atom. The van der Waals surface area contributed by atoms with Gasteiger partial charge in [-0.2, -0.15) is 0 Å². The third-order valence-corrected chi connectivity index (χ3v) is 11.5. The molecular weight excluding hydrogens is 416 g/mol. The van der Waals surface area contributed by atoms with E-state index in [0.29, 0.717) is 45.9 Å². The Balaban J connectivity index is 1.22. The van der Waals surface area contributed by atoms with Gasteiger partial charge in [0.1, 0.15) is 0 Å². The van der Waals surface area contributed by atoms with E-state index in [9.17, 15) is 9.59 Å². The van der Waals surface area contributed by atoms with Crippen molar-refractivity contribution in [1.82, 2.24) is 0 Å². The SMILES string of the molecule is O=C1c2cc3c(cc2C(=O)c2cc4c(cc21)C1CC2CC(C1)CC4C2)C1CC2CC(CC3C2)C1. The predicted octanol–water partition coefficient (Wildman–Crippen LogP) is 7.24. The number of hydrogen-bond acceptors (Lipinski definition) is 2. The van der Waals surface area contributed by atoms with Crippen LogP contribution in [0.2, 0.25) is 0 Å². The van der Waals surface area contributed by atoms with Crippen LogP contribution in [0.1, 0.15) is 142 Å². The summed E-state index contributed by atoms with van der Waals surface area (Å²) in [5.41, 5.74) is 8.50. The summed E-state index contributed by atoms with van der Waals surface area (Å²) in [6.45, 7) is 0. The number of benzene rings is 2. The molecule has 9 aliphatic rings. The Hall–Kier alpha value is -2.22. The van der Waals surface area contributed by atoms with Crippen molar-refractivity contribution in [3.8, 4) is 0 Å². The summed E-state index contributed by atoms with van der Waals surface area (Å²) in [5, 5.41) is 0. The van der Waals surface area contributed by atoms with E-state index in [-0.39, 0.29) is 11.6 Å². The Labute approximate surface area is 201 Å². The fourth-order valence-electron chi connectivity index (χ4n) is 10.4. The zero-order chi connectivity index (χ0) is 22.3. The number of carbonyl (C=O) groups excluding carboxylic acids is 2. The van der Waals surface area contributed by atoms with E-state index in [1.807, 2.05) is 0 Å². The average molecular weight is 449 g/mol. The van der Waals surface area contributed by atoms with Crippen LogP contribution in [0.4, 0.5) is 0 Å². The molecule has 8 bridgehead atoms. The van der Waals surface area contributed by atoms with Crippen LogP contribution in [0.3, 0.4) is 0 Å². The molecule has 0 saturated heterocycles. The van der Waals surface area contributed by atoms with Crippen LogP contribution in [0.15, 0.2) is 24.3 Å². The van der Waals surface area contributed by atoms with Crippen molar-refractivity contribution in [3.63, 3.8) is 0 Å². The molecule has 11 rings (SSSR count). The molecule has 34 heavy (non-hydrogen) atoms. The second-order valence-corrected chi connectivity index (χ2v) is 13.3. The van der Waals surface area contributed by atoms with Crippen LogP contribution in [-0.2, 0) is 0 Å². The summed E-state index contributed by atoms with van der Waals surface area (Å²) in [4.78, 5) is 28.0. The van der Waals surface area contributed by atoms with Gasteiger partial charge in [0.05, 0.1) is 0 Å². The molecule has 0 spiro atoms. The number of fused-ring (bicyclic) bond motifs is 2. The third-order valence-electron chi connectivity index (χ3n) is 11.5. The van der Waals surface area contributed by atoms with Gasteiger partial charge in [-0.05, 0) is 158 Å². The standard InChI is InChI=1S/C32H32O2/c33-31-27-11-23-19-3-15-1-16(5-19)6-20(4-15)24(23)12-28(27)32(34)30-14-26-22-9-17-2-18(10-22)8-21(7-17)25(26)13-29(30)31/h11-22H,1-10H2. The van der Waals surface area contributed by atoms with Crippen LogP contribution < -0.4 is 0 Å². The summed E-state index contributed by atoms with van der Waals surface area (Å²) < 4.78 is 0. The molecule has 9 aliphatic carbocycles. The van der Waals surface area contributed by atoms with Crippen molar-refractivity contribution in [3.05, 3.63) is 68.8 Å². The molecule has 0 amide bonds. The number of ketones is 2. The Kier molecular flexibility index (Phi) is 3.53. The molecule has 0 aromatic heterocycles. The Bertz CT molecular complexity index is 1100. The number of carbonyl (C=O) groups is 2. The van der Waals surface area contributed by atoms with Crippen molar-refractivity contribution >= 4 is 11.6 Å². The molecule has 2 aromatic rings. The van der Waals surface area contributed by atoms with Gasteiger partial charge in [-0.3, -0.25) is 9.59 Å². The average Bonchev–Trinajstić information content (AvgIpc) is 3.10. The minimum atomic E-state index is 0.114. The van der Waals surface area contributed by atoms with Crippen LogP contribution in [0.5, 0.6) is 0 Å². The highest BCUT2D eigenvalue weighted by atomic mass is 16.1. The molecule has 172 valence electrons. The maximum absolute atomic E-state index is 14.0. The summed E-state index contributed by atoms with van der Waals surface area (Å²) in [6.07, 6.45) is 13.1. The van der Waals surface area contributed by atoms with Crippen molar-refractivity contribution in [2.24, 2.45) is 23.7 Å². The minimum Gasteiger partial charge on any atom is -0.289 e. The first-order valence-corrected chi connectivity index (χ1v) is 14.0. The van der Waals surface area contributed by atoms with Gasteiger partial charge in [0, 0.05) is 22.3 Å². The van der Waals surface area contributed by atoms with E-state index in [1.165, 1.54) is 86.5 Å². The second-order valence-electron chi connectivity index (χ2n) is 13.3. The van der Waals surface area contributed by atoms with E-state index in [2.05, 4.69) is 24.3 Å². The van der Waals surface area contributed by atoms with E-state index < -0.39 is 0 Å². The topological polar surface area (TPSA) is 34.1 Å². The van der Waals surface area contributed by atoms with Gasteiger partial charge in [0.25, 0.3) is 0 Å². The van der Waals surface area contributed by atoms with Crippen LogP contribution in [0.25, 0.3) is 0 Å². The molecule has 0 N–H and O–H groups in total. The van der Waals surface area contributed by atoms with Gasteiger partial charge < -0.3 is 0 Å². The molecule has 0 unspecified atom stereocenters. The van der Waals surface area contributed by atoms with Crippen LogP contribution in [-0.4, -0.2) is 11.6 Å². The van der Waals surface area contributed by atoms with E-state index in [1.54, 1.807) is 0 Å². The van der Waals surface area contributed by atoms with Crippen LogP contribution >= 0.6 is 0 Å². The van der Waals surface area contributed by atoms with Crippen molar-refractivity contribution in [2.75, 3.05) is 0 Å². The molecule has 4 saturated carbocycles. The zero-order valence-corrected chi connectivity index (χ0v) is 19.8. The second kappa shape index (κ2) is 6.31. The minimum absolute atomic E-state index is 0.114. The highest BCUT2D eigenvalue weighted by molar-refractivity contribution is 6.28. The van der Waals surface area contributed by atoms with Gasteiger partial charge >= 0.3 is 0 Å². The molecular formula is C32H32O2. The van der Waals surface area contributed by atoms with E-state index in [0.717, 1.165) is 23.7 Å². The first-order valence-electron chi connectivity index (χ1n) is 14.0. The first kappa shape index (κ1) is 19.0. The monoisotopic (exact) mass is 448 g/mol. The molecule has 4 fully saturated rings. The normalized spacial score (nSPS) is 39.9. The molecule has 2 aromatic carbocycles. The van der Waals surface area contributed by atoms with Crippen molar-refractivity contribution < 1.29 is 9.59 Å². The largest absolute Gasteiger partial charge is 0.289 e. The lowest BCUT2D eigenvalue weighted by Gasteiger charge is -2.38. The maximum atomic E-state index is 14.0. The van der Waals surface area contributed by atoms with Gasteiger partial charge in [-0.15, -0.1) is 0 Å². The fraction of sp³-hybridized carbons (Fsp3) is 0.562. The smallest absolute Gasteiger partial charge is 0.194 e. The van der Waals surface area contributed by atoms with E-state index in [4.69, 9.17) is 0 Å². The molecule has 0 heterocycles. The zero-order valence-electron chi connectivity index (χ0n) is 19.8. The molecule has 2 nitrogen and oxygen atoms in total. The lowest BCUT2D eigenvalue weighted by atomic mass is 9.67. The molecule has 0 radical (unpaired) electrons. The van der Waals surface area contributed by atoms with Gasteiger partial charge in [0.2, 0.25) is 0 Å². The summed E-state index contributed by atoms with van der Waals surface area (Å²) in [6, 6.07) is 8.78. The molecule has 2 heteroatoms. The predicted molar refractivity (Wildman–Crippen MR) is 131 cm³/mol. The quantitative estimate of drug-likeness (QED) is 0.363. The summed E-state index contributed by atoms with van der Waals surface area (Å²) >= 11 is 0. The van der Waals surface area contributed by atoms with Crippen molar-refractivity contribution in [2.45, 2.75) is 87.9 Å². The molecule has 0 aliphatic heterocycles. The number of rotatable bonds is 0. The van der Waals surface area contributed by atoms with Gasteiger partial charge in [-0.25, -0.2) is 0 Å². The fourth-order valence-corrected chi connectivity index (χ4v) is 10.4. The van der Waals surface area contributed by atoms with Gasteiger partial charge in [-0.1, -0.05) is 0 Å². The summed E-state index contributed by atoms with van der Waals surface area (Å²) in [7, 11) is 0. The lowest BCUT2D eigenvalue weighted by molar-refractivity contribution is 0.0978. The third kappa shape index (κ3) is 2.38. The van der Waals surface area contributed by atoms with E-state index >= 15 is 0 Å². The lowest BCUT2D eigenvalue weighted by Crippen LogP contribution is -2.25. The first-order chi connectivity index (χ1) is 16.6. The maximum Gasteiger partial charge on any atom is 0.194 e. The Morgan fingerprint density at radius 2 is 0.618 bits per heavy atom. The highest BCUT2D eigenvalue weighted by Crippen LogP contribution is 2.58. The highest BCUT2D eigenvalue weighted by Gasteiger charge is 2.46. The van der Waals surface area contributed by atoms with Crippen LogP contribution in [0, 0.1) is 23.7 Å².